The van der Waals surface area contributed by atoms with Crippen LogP contribution in [0.25, 0.3) is 0 Å². The molecule has 6 heteroatoms. The average molecular weight is 270 g/mol. The Morgan fingerprint density at radius 1 is 1.47 bits per heavy atom. The molecule has 2 aliphatic heterocycles. The van der Waals surface area contributed by atoms with E-state index < -0.39 is 11.2 Å². The number of likely N-dealkylation sites (tertiary alicyclic amines) is 1. The molecule has 2 saturated heterocycles. The lowest BCUT2D eigenvalue weighted by molar-refractivity contribution is -0.150. The number of morpholine rings is 1. The third-order valence-corrected chi connectivity index (χ3v) is 3.31. The van der Waals surface area contributed by atoms with Crippen molar-refractivity contribution in [3.8, 4) is 0 Å². The summed E-state index contributed by atoms with van der Waals surface area (Å²) in [4.78, 5) is 24.9. The van der Waals surface area contributed by atoms with Gasteiger partial charge in [0, 0.05) is 13.1 Å². The molecular formula is C13H22N2O4. The van der Waals surface area contributed by atoms with Crippen LogP contribution in [0.3, 0.4) is 0 Å². The van der Waals surface area contributed by atoms with Gasteiger partial charge in [0.05, 0.1) is 6.54 Å². The summed E-state index contributed by atoms with van der Waals surface area (Å²) < 4.78 is 11.0. The molecule has 1 unspecified atom stereocenters. The Hall–Kier alpha value is -1.30. The maximum Gasteiger partial charge on any atom is 0.410 e. The number of carbonyl (C=O) groups excluding carboxylic acids is 2. The van der Waals surface area contributed by atoms with Gasteiger partial charge in [-0.15, -0.1) is 0 Å². The van der Waals surface area contributed by atoms with Crippen molar-refractivity contribution in [1.29, 1.82) is 0 Å². The van der Waals surface area contributed by atoms with Crippen LogP contribution in [-0.4, -0.2) is 54.3 Å². The molecule has 2 aliphatic rings. The first kappa shape index (κ1) is 14.1. The molecular weight excluding hydrogens is 248 g/mol. The first-order valence-corrected chi connectivity index (χ1v) is 6.68. The van der Waals surface area contributed by atoms with Crippen molar-refractivity contribution < 1.29 is 19.1 Å². The molecule has 0 bridgehead atoms. The molecule has 1 N–H and O–H groups in total. The first-order chi connectivity index (χ1) is 8.80. The topological polar surface area (TPSA) is 67.9 Å². The number of piperidine rings is 1. The van der Waals surface area contributed by atoms with Crippen molar-refractivity contribution in [1.82, 2.24) is 10.2 Å². The highest BCUT2D eigenvalue weighted by Crippen LogP contribution is 2.27. The van der Waals surface area contributed by atoms with Gasteiger partial charge in [-0.05, 0) is 33.6 Å². The van der Waals surface area contributed by atoms with E-state index in [1.54, 1.807) is 4.90 Å². The molecule has 19 heavy (non-hydrogen) atoms. The van der Waals surface area contributed by atoms with Gasteiger partial charge in [-0.1, -0.05) is 0 Å². The molecule has 0 aromatic rings. The van der Waals surface area contributed by atoms with Crippen molar-refractivity contribution in [2.75, 3.05) is 26.2 Å². The lowest BCUT2D eigenvalue weighted by atomic mass is 9.91. The minimum absolute atomic E-state index is 0.0716. The van der Waals surface area contributed by atoms with Gasteiger partial charge in [-0.25, -0.2) is 4.79 Å². The molecule has 2 amide bonds. The predicted molar refractivity (Wildman–Crippen MR) is 68.7 cm³/mol. The Morgan fingerprint density at radius 3 is 2.79 bits per heavy atom. The van der Waals surface area contributed by atoms with Gasteiger partial charge >= 0.3 is 6.09 Å². The molecule has 6 nitrogen and oxygen atoms in total. The lowest BCUT2D eigenvalue weighted by Crippen LogP contribution is -2.61. The highest BCUT2D eigenvalue weighted by atomic mass is 16.6. The van der Waals surface area contributed by atoms with Gasteiger partial charge in [-0.2, -0.15) is 0 Å². The summed E-state index contributed by atoms with van der Waals surface area (Å²) in [6, 6.07) is 0. The smallest absolute Gasteiger partial charge is 0.410 e. The Labute approximate surface area is 113 Å². The quantitative estimate of drug-likeness (QED) is 0.710. The van der Waals surface area contributed by atoms with E-state index in [1.165, 1.54) is 0 Å². The summed E-state index contributed by atoms with van der Waals surface area (Å²) in [6.07, 6.45) is 1.40. The van der Waals surface area contributed by atoms with Crippen molar-refractivity contribution in [2.24, 2.45) is 0 Å². The molecule has 2 rings (SSSR count). The number of ether oxygens (including phenoxy) is 2. The van der Waals surface area contributed by atoms with Gasteiger partial charge < -0.3 is 19.7 Å². The second kappa shape index (κ2) is 5.00. The van der Waals surface area contributed by atoms with Crippen LogP contribution in [0, 0.1) is 0 Å². The van der Waals surface area contributed by atoms with Gasteiger partial charge in [0.15, 0.2) is 0 Å². The number of amides is 2. The zero-order valence-corrected chi connectivity index (χ0v) is 11.8. The molecule has 0 saturated carbocycles. The Morgan fingerprint density at radius 2 is 2.21 bits per heavy atom. The van der Waals surface area contributed by atoms with Crippen LogP contribution >= 0.6 is 0 Å². The minimum atomic E-state index is -0.497. The fraction of sp³-hybridized carbons (Fsp3) is 0.846. The van der Waals surface area contributed by atoms with E-state index in [2.05, 4.69) is 5.32 Å². The fourth-order valence-corrected chi connectivity index (χ4v) is 2.42. The summed E-state index contributed by atoms with van der Waals surface area (Å²) in [5, 5.41) is 2.81. The summed E-state index contributed by atoms with van der Waals surface area (Å²) in [6.45, 7) is 7.23. The van der Waals surface area contributed by atoms with Gasteiger partial charge in [0.1, 0.15) is 17.8 Å². The van der Waals surface area contributed by atoms with Crippen molar-refractivity contribution >= 4 is 12.0 Å². The van der Waals surface area contributed by atoms with Gasteiger partial charge in [0.2, 0.25) is 5.91 Å². The normalized spacial score (nSPS) is 28.2. The Bertz CT molecular complexity index is 365. The molecule has 0 radical (unpaired) electrons. The predicted octanol–water partition coefficient (Wildman–Crippen LogP) is 0.902. The maximum atomic E-state index is 12.1. The number of hydrogen-bond acceptors (Lipinski definition) is 4. The van der Waals surface area contributed by atoms with Crippen molar-refractivity contribution in [3.63, 3.8) is 0 Å². The third kappa shape index (κ3) is 3.59. The van der Waals surface area contributed by atoms with E-state index in [0.29, 0.717) is 19.6 Å². The summed E-state index contributed by atoms with van der Waals surface area (Å²) in [5.74, 6) is -0.0972. The van der Waals surface area contributed by atoms with E-state index >= 15 is 0 Å². The largest absolute Gasteiger partial charge is 0.444 e. The highest BCUT2D eigenvalue weighted by Gasteiger charge is 2.42. The van der Waals surface area contributed by atoms with E-state index in [-0.39, 0.29) is 18.6 Å². The monoisotopic (exact) mass is 270 g/mol. The standard InChI is InChI=1S/C13H22N2O4/c1-12(2,3)19-11(17)15-6-4-5-13(9-15)8-14-10(16)7-18-13/h4-9H2,1-3H3,(H,14,16). The van der Waals surface area contributed by atoms with E-state index in [0.717, 1.165) is 12.8 Å². The molecule has 1 spiro atoms. The number of nitrogens with one attached hydrogen (secondary N) is 1. The minimum Gasteiger partial charge on any atom is -0.444 e. The Balaban J connectivity index is 1.97. The van der Waals surface area contributed by atoms with Crippen LogP contribution in [0.15, 0.2) is 0 Å². The van der Waals surface area contributed by atoms with E-state index in [9.17, 15) is 9.59 Å². The maximum absolute atomic E-state index is 12.1. The van der Waals surface area contributed by atoms with Crippen LogP contribution in [0.5, 0.6) is 0 Å². The third-order valence-electron chi connectivity index (χ3n) is 3.31. The van der Waals surface area contributed by atoms with Crippen LogP contribution < -0.4 is 5.32 Å². The molecule has 2 heterocycles. The first-order valence-electron chi connectivity index (χ1n) is 6.68. The number of hydrogen-bond donors (Lipinski definition) is 1. The zero-order valence-electron chi connectivity index (χ0n) is 11.8. The molecule has 108 valence electrons. The number of rotatable bonds is 0. The van der Waals surface area contributed by atoms with Crippen molar-refractivity contribution in [3.05, 3.63) is 0 Å². The summed E-state index contributed by atoms with van der Waals surface area (Å²) >= 11 is 0. The highest BCUT2D eigenvalue weighted by molar-refractivity contribution is 5.78. The fourth-order valence-electron chi connectivity index (χ4n) is 2.42. The second-order valence-corrected chi connectivity index (χ2v) is 6.25. The zero-order chi connectivity index (χ0) is 14.1. The van der Waals surface area contributed by atoms with E-state index in [4.69, 9.17) is 9.47 Å². The number of nitrogens with zero attached hydrogens (tertiary/aromatic N) is 1. The molecule has 0 aliphatic carbocycles. The van der Waals surface area contributed by atoms with Crippen LogP contribution in [0.4, 0.5) is 4.79 Å². The SMILES string of the molecule is CC(C)(C)OC(=O)N1CCCC2(CNC(=O)CO2)C1. The molecule has 1 atom stereocenters. The lowest BCUT2D eigenvalue weighted by Gasteiger charge is -2.44. The van der Waals surface area contributed by atoms with E-state index in [1.807, 2.05) is 20.8 Å². The van der Waals surface area contributed by atoms with Crippen molar-refractivity contribution in [2.45, 2.75) is 44.8 Å². The summed E-state index contributed by atoms with van der Waals surface area (Å²) in [5.41, 5.74) is -0.938. The Kier molecular flexibility index (Phi) is 3.71. The van der Waals surface area contributed by atoms with Crippen LogP contribution in [0.2, 0.25) is 0 Å². The molecule has 0 aromatic carbocycles. The molecule has 2 fully saturated rings. The number of carbonyl (C=O) groups is 2. The van der Waals surface area contributed by atoms with Crippen LogP contribution in [0.1, 0.15) is 33.6 Å². The molecule has 0 aromatic heterocycles. The average Bonchev–Trinajstić information content (AvgIpc) is 2.32. The summed E-state index contributed by atoms with van der Waals surface area (Å²) in [7, 11) is 0. The van der Waals surface area contributed by atoms with Gasteiger partial charge in [-0.3, -0.25) is 4.79 Å². The van der Waals surface area contributed by atoms with Crippen LogP contribution in [-0.2, 0) is 14.3 Å². The van der Waals surface area contributed by atoms with Gasteiger partial charge in [0.25, 0.3) is 0 Å². The second-order valence-electron chi connectivity index (χ2n) is 6.25.